The van der Waals surface area contributed by atoms with Crippen molar-refractivity contribution in [2.24, 2.45) is 0 Å². The highest BCUT2D eigenvalue weighted by atomic mass is 32.1. The average Bonchev–Trinajstić information content (AvgIpc) is 2.56. The number of hydrogen-bond donors (Lipinski definition) is 2. The minimum atomic E-state index is -0.992. The van der Waals surface area contributed by atoms with Crippen LogP contribution in [0.15, 0.2) is 0 Å². The van der Waals surface area contributed by atoms with Gasteiger partial charge in [0, 0.05) is 0 Å². The summed E-state index contributed by atoms with van der Waals surface area (Å²) in [7, 11) is 0. The van der Waals surface area contributed by atoms with Crippen LogP contribution in [-0.2, 0) is 11.3 Å². The van der Waals surface area contributed by atoms with Crippen LogP contribution in [0.2, 0.25) is 0 Å². The molecule has 0 aliphatic rings. The molecule has 1 aromatic heterocycles. The first kappa shape index (κ1) is 15.2. The molecule has 4 nitrogen and oxygen atoms in total. The van der Waals surface area contributed by atoms with Gasteiger partial charge in [-0.3, -0.25) is 9.36 Å². The summed E-state index contributed by atoms with van der Waals surface area (Å²) in [5.41, 5.74) is 0. The predicted octanol–water partition coefficient (Wildman–Crippen LogP) is 3.75. The lowest BCUT2D eigenvalue weighted by atomic mass is 9.97. The Morgan fingerprint density at radius 3 is 2.39 bits per heavy atom. The van der Waals surface area contributed by atoms with Crippen LogP contribution < -0.4 is 0 Å². The van der Waals surface area contributed by atoms with Gasteiger partial charge in [-0.1, -0.05) is 26.7 Å². The second-order valence-electron chi connectivity index (χ2n) is 4.31. The molecule has 0 atom stereocenters. The van der Waals surface area contributed by atoms with Gasteiger partial charge in [-0.15, -0.1) is 11.3 Å². The highest BCUT2D eigenvalue weighted by Gasteiger charge is 2.20. The molecule has 0 unspecified atom stereocenters. The molecule has 0 saturated heterocycles. The van der Waals surface area contributed by atoms with Gasteiger partial charge in [0.05, 0.1) is 4.88 Å². The molecular formula is C12H19NO3S2. The molecule has 2 N–H and O–H groups in total. The second-order valence-corrected chi connectivity index (χ2v) is 5.99. The number of carboxylic acid groups (broad SMARTS) is 1. The summed E-state index contributed by atoms with van der Waals surface area (Å²) in [4.78, 5) is 11.6. The smallest absolute Gasteiger partial charge is 0.323 e. The molecule has 0 fully saturated rings. The van der Waals surface area contributed by atoms with Gasteiger partial charge < -0.3 is 10.2 Å². The van der Waals surface area contributed by atoms with Gasteiger partial charge in [0.1, 0.15) is 6.54 Å². The normalized spacial score (nSPS) is 11.1. The quantitative estimate of drug-likeness (QED) is 0.750. The van der Waals surface area contributed by atoms with E-state index in [2.05, 4.69) is 13.8 Å². The Labute approximate surface area is 116 Å². The number of carbonyl (C=O) groups is 1. The van der Waals surface area contributed by atoms with E-state index >= 15 is 0 Å². The van der Waals surface area contributed by atoms with Crippen molar-refractivity contribution >= 4 is 29.5 Å². The standard InChI is InChI=1S/C12H19NO3S2/c1-3-5-8(6-4-2)10-11(16)13(7-9(14)15)12(17)18-10/h8,16H,3-7H2,1-2H3,(H,14,15). The van der Waals surface area contributed by atoms with Gasteiger partial charge in [0.2, 0.25) is 5.88 Å². The maximum absolute atomic E-state index is 10.7. The van der Waals surface area contributed by atoms with Crippen LogP contribution in [0.1, 0.15) is 50.3 Å². The monoisotopic (exact) mass is 289 g/mol. The number of thiazole rings is 1. The lowest BCUT2D eigenvalue weighted by Gasteiger charge is -2.13. The third kappa shape index (κ3) is 3.55. The highest BCUT2D eigenvalue weighted by Crippen LogP contribution is 2.37. The van der Waals surface area contributed by atoms with E-state index in [1.54, 1.807) is 0 Å². The SMILES string of the molecule is CCCC(CCC)c1sc(=S)n(CC(=O)O)c1O. The van der Waals surface area contributed by atoms with Crippen LogP contribution in [-0.4, -0.2) is 20.7 Å². The van der Waals surface area contributed by atoms with Crippen molar-refractivity contribution in [3.63, 3.8) is 0 Å². The number of hydrogen-bond acceptors (Lipinski definition) is 4. The Bertz CT molecular complexity index is 458. The zero-order valence-corrected chi connectivity index (χ0v) is 12.3. The van der Waals surface area contributed by atoms with E-state index in [-0.39, 0.29) is 18.3 Å². The molecule has 0 aliphatic heterocycles. The lowest BCUT2D eigenvalue weighted by Crippen LogP contribution is -2.08. The van der Waals surface area contributed by atoms with Crippen molar-refractivity contribution < 1.29 is 15.0 Å². The van der Waals surface area contributed by atoms with Crippen LogP contribution in [0.4, 0.5) is 0 Å². The number of aromatic nitrogens is 1. The number of rotatable bonds is 7. The minimum Gasteiger partial charge on any atom is -0.494 e. The summed E-state index contributed by atoms with van der Waals surface area (Å²) < 4.78 is 1.73. The first-order chi connectivity index (χ1) is 8.51. The van der Waals surface area contributed by atoms with Crippen molar-refractivity contribution in [3.05, 3.63) is 8.83 Å². The molecule has 0 amide bonds. The van der Waals surface area contributed by atoms with Crippen molar-refractivity contribution in [3.8, 4) is 5.88 Å². The molecule has 0 radical (unpaired) electrons. The molecule has 1 aromatic rings. The second kappa shape index (κ2) is 6.89. The summed E-state index contributed by atoms with van der Waals surface area (Å²) in [6, 6.07) is 0. The Hall–Kier alpha value is -0.880. The van der Waals surface area contributed by atoms with Crippen molar-refractivity contribution in [1.29, 1.82) is 0 Å². The van der Waals surface area contributed by atoms with Crippen LogP contribution in [0.5, 0.6) is 5.88 Å². The Balaban J connectivity index is 3.08. The molecule has 1 heterocycles. The third-order valence-electron chi connectivity index (χ3n) is 2.83. The Morgan fingerprint density at radius 2 is 1.94 bits per heavy atom. The van der Waals surface area contributed by atoms with E-state index in [0.29, 0.717) is 3.95 Å². The number of aromatic hydroxyl groups is 1. The molecule has 102 valence electrons. The molecule has 0 aliphatic carbocycles. The zero-order chi connectivity index (χ0) is 13.7. The topological polar surface area (TPSA) is 62.5 Å². The van der Waals surface area contributed by atoms with Gasteiger partial charge in [-0.05, 0) is 31.0 Å². The largest absolute Gasteiger partial charge is 0.494 e. The maximum atomic E-state index is 10.7. The van der Waals surface area contributed by atoms with Crippen molar-refractivity contribution in [1.82, 2.24) is 4.57 Å². The predicted molar refractivity (Wildman–Crippen MR) is 75.0 cm³/mol. The van der Waals surface area contributed by atoms with Gasteiger partial charge in [-0.2, -0.15) is 0 Å². The fourth-order valence-electron chi connectivity index (χ4n) is 2.06. The zero-order valence-electron chi connectivity index (χ0n) is 10.7. The van der Waals surface area contributed by atoms with Crippen molar-refractivity contribution in [2.75, 3.05) is 0 Å². The number of nitrogens with zero attached hydrogens (tertiary/aromatic N) is 1. The van der Waals surface area contributed by atoms with E-state index < -0.39 is 5.97 Å². The molecule has 0 saturated carbocycles. The van der Waals surface area contributed by atoms with Gasteiger partial charge in [0.15, 0.2) is 3.95 Å². The van der Waals surface area contributed by atoms with Crippen molar-refractivity contribution in [2.45, 2.75) is 52.0 Å². The van der Waals surface area contributed by atoms with Gasteiger partial charge in [-0.25, -0.2) is 0 Å². The highest BCUT2D eigenvalue weighted by molar-refractivity contribution is 7.73. The molecule has 18 heavy (non-hydrogen) atoms. The van der Waals surface area contributed by atoms with E-state index in [1.165, 1.54) is 15.9 Å². The summed E-state index contributed by atoms with van der Waals surface area (Å²) >= 11 is 6.46. The molecular weight excluding hydrogens is 270 g/mol. The third-order valence-corrected chi connectivity index (χ3v) is 4.43. The number of carboxylic acids is 1. The lowest BCUT2D eigenvalue weighted by molar-refractivity contribution is -0.137. The number of aliphatic carboxylic acids is 1. The minimum absolute atomic E-state index is 0.0410. The summed E-state index contributed by atoms with van der Waals surface area (Å²) in [5.74, 6) is -0.672. The summed E-state index contributed by atoms with van der Waals surface area (Å²) in [6.45, 7) is 3.94. The summed E-state index contributed by atoms with van der Waals surface area (Å²) in [6.07, 6.45) is 4.05. The van der Waals surface area contributed by atoms with E-state index in [9.17, 15) is 9.90 Å². The molecule has 0 bridgehead atoms. The van der Waals surface area contributed by atoms with Crippen LogP contribution in [0.3, 0.4) is 0 Å². The molecule has 1 rings (SSSR count). The Kier molecular flexibility index (Phi) is 5.81. The fraction of sp³-hybridized carbons (Fsp3) is 0.667. The first-order valence-electron chi connectivity index (χ1n) is 6.15. The fourth-order valence-corrected chi connectivity index (χ4v) is 3.53. The van der Waals surface area contributed by atoms with E-state index in [0.717, 1.165) is 30.6 Å². The molecule has 0 spiro atoms. The molecule has 0 aromatic carbocycles. The Morgan fingerprint density at radius 1 is 1.39 bits per heavy atom. The van der Waals surface area contributed by atoms with Crippen LogP contribution in [0.25, 0.3) is 0 Å². The maximum Gasteiger partial charge on any atom is 0.323 e. The van der Waals surface area contributed by atoms with E-state index in [1.807, 2.05) is 0 Å². The first-order valence-corrected chi connectivity index (χ1v) is 7.37. The average molecular weight is 289 g/mol. The van der Waals surface area contributed by atoms with Gasteiger partial charge in [0.25, 0.3) is 0 Å². The van der Waals surface area contributed by atoms with Crippen LogP contribution in [0, 0.1) is 3.95 Å². The van der Waals surface area contributed by atoms with Crippen LogP contribution >= 0.6 is 23.6 Å². The van der Waals surface area contributed by atoms with Gasteiger partial charge >= 0.3 is 5.97 Å². The van der Waals surface area contributed by atoms with E-state index in [4.69, 9.17) is 17.3 Å². The summed E-state index contributed by atoms with van der Waals surface area (Å²) in [5, 5.41) is 18.9. The molecule has 6 heteroatoms.